The molecule has 0 bridgehead atoms. The molecule has 2 N–H and O–H groups in total. The van der Waals surface area contributed by atoms with Crippen molar-refractivity contribution in [1.29, 1.82) is 0 Å². The number of halogens is 2. The smallest absolute Gasteiger partial charge is 0.183 e. The Morgan fingerprint density at radius 2 is 2.19 bits per heavy atom. The predicted octanol–water partition coefficient (Wildman–Crippen LogP) is 3.77. The fourth-order valence-electron chi connectivity index (χ4n) is 1.20. The van der Waals surface area contributed by atoms with E-state index in [1.807, 2.05) is 0 Å². The highest BCUT2D eigenvalue weighted by atomic mass is 35.5. The summed E-state index contributed by atoms with van der Waals surface area (Å²) in [5.41, 5.74) is 0.594. The fourth-order valence-corrected chi connectivity index (χ4v) is 2.29. The molecule has 1 aromatic heterocycles. The van der Waals surface area contributed by atoms with Crippen LogP contribution in [0.5, 0.6) is 5.75 Å². The van der Waals surface area contributed by atoms with Crippen LogP contribution in [0.3, 0.4) is 0 Å². The van der Waals surface area contributed by atoms with Crippen molar-refractivity contribution in [3.8, 4) is 5.75 Å². The summed E-state index contributed by atoms with van der Waals surface area (Å²) in [6.07, 6.45) is 1.70. The zero-order chi connectivity index (χ0) is 11.5. The van der Waals surface area contributed by atoms with Gasteiger partial charge in [-0.3, -0.25) is 0 Å². The molecule has 0 aliphatic carbocycles. The second-order valence-corrected chi connectivity index (χ2v) is 5.23. The zero-order valence-electron chi connectivity index (χ0n) is 8.08. The van der Waals surface area contributed by atoms with E-state index in [0.717, 1.165) is 4.88 Å². The average molecular weight is 275 g/mol. The minimum absolute atomic E-state index is 0.167. The van der Waals surface area contributed by atoms with Crippen LogP contribution in [-0.4, -0.2) is 10.1 Å². The first kappa shape index (κ1) is 11.5. The normalized spacial score (nSPS) is 10.4. The first-order chi connectivity index (χ1) is 7.65. The number of hydrogen-bond acceptors (Lipinski definition) is 4. The predicted molar refractivity (Wildman–Crippen MR) is 67.6 cm³/mol. The van der Waals surface area contributed by atoms with Gasteiger partial charge in [-0.25, -0.2) is 4.98 Å². The van der Waals surface area contributed by atoms with Gasteiger partial charge < -0.3 is 10.4 Å². The quantitative estimate of drug-likeness (QED) is 0.838. The Kier molecular flexibility index (Phi) is 3.53. The third-order valence-corrected chi connectivity index (χ3v) is 3.29. The number of anilines is 1. The number of phenolic OH excluding ortho intramolecular Hbond substituents is 1. The highest BCUT2D eigenvalue weighted by Gasteiger charge is 2.03. The zero-order valence-corrected chi connectivity index (χ0v) is 10.4. The number of rotatable bonds is 3. The van der Waals surface area contributed by atoms with Crippen LogP contribution in [0.25, 0.3) is 0 Å². The van der Waals surface area contributed by atoms with Gasteiger partial charge in [-0.2, -0.15) is 0 Å². The SMILES string of the molecule is Oc1ccc(Cl)cc1NCc1cnc(Cl)s1. The van der Waals surface area contributed by atoms with Gasteiger partial charge in [0.15, 0.2) is 4.47 Å². The maximum Gasteiger partial charge on any atom is 0.183 e. The van der Waals surface area contributed by atoms with Gasteiger partial charge in [0.25, 0.3) is 0 Å². The molecule has 0 atom stereocenters. The molecule has 2 aromatic rings. The van der Waals surface area contributed by atoms with Gasteiger partial charge in [-0.1, -0.05) is 23.2 Å². The third-order valence-electron chi connectivity index (χ3n) is 1.94. The number of aromatic hydroxyl groups is 1. The van der Waals surface area contributed by atoms with Crippen molar-refractivity contribution in [1.82, 2.24) is 4.98 Å². The van der Waals surface area contributed by atoms with Crippen molar-refractivity contribution in [2.45, 2.75) is 6.54 Å². The van der Waals surface area contributed by atoms with E-state index in [4.69, 9.17) is 23.2 Å². The highest BCUT2D eigenvalue weighted by molar-refractivity contribution is 7.15. The molecule has 6 heteroatoms. The Balaban J connectivity index is 2.07. The minimum atomic E-state index is 0.167. The number of benzene rings is 1. The van der Waals surface area contributed by atoms with Crippen molar-refractivity contribution in [3.63, 3.8) is 0 Å². The number of nitrogens with one attached hydrogen (secondary N) is 1. The summed E-state index contributed by atoms with van der Waals surface area (Å²) in [6, 6.07) is 4.84. The first-order valence-corrected chi connectivity index (χ1v) is 6.05. The van der Waals surface area contributed by atoms with E-state index in [9.17, 15) is 5.11 Å². The lowest BCUT2D eigenvalue weighted by molar-refractivity contribution is 0.477. The molecule has 0 saturated heterocycles. The lowest BCUT2D eigenvalue weighted by Crippen LogP contribution is -1.97. The molecule has 16 heavy (non-hydrogen) atoms. The summed E-state index contributed by atoms with van der Waals surface area (Å²) in [7, 11) is 0. The summed E-state index contributed by atoms with van der Waals surface area (Å²) < 4.78 is 0.507. The lowest BCUT2D eigenvalue weighted by atomic mass is 10.3. The van der Waals surface area contributed by atoms with E-state index in [1.54, 1.807) is 24.4 Å². The molecule has 2 rings (SSSR count). The third kappa shape index (κ3) is 2.78. The van der Waals surface area contributed by atoms with Crippen LogP contribution in [0.15, 0.2) is 24.4 Å². The molecule has 0 aliphatic heterocycles. The second-order valence-electron chi connectivity index (χ2n) is 3.09. The Bertz CT molecular complexity index is 501. The van der Waals surface area contributed by atoms with Crippen LogP contribution in [0, 0.1) is 0 Å². The van der Waals surface area contributed by atoms with Crippen LogP contribution in [0.1, 0.15) is 4.88 Å². The molecule has 0 unspecified atom stereocenters. The number of thiazole rings is 1. The fraction of sp³-hybridized carbons (Fsp3) is 0.100. The van der Waals surface area contributed by atoms with E-state index in [2.05, 4.69) is 10.3 Å². The molecule has 1 aromatic carbocycles. The van der Waals surface area contributed by atoms with Gasteiger partial charge in [0.05, 0.1) is 12.2 Å². The van der Waals surface area contributed by atoms with Crippen molar-refractivity contribution in [2.75, 3.05) is 5.32 Å². The van der Waals surface area contributed by atoms with E-state index >= 15 is 0 Å². The van der Waals surface area contributed by atoms with E-state index in [1.165, 1.54) is 11.3 Å². The summed E-state index contributed by atoms with van der Waals surface area (Å²) in [4.78, 5) is 4.91. The minimum Gasteiger partial charge on any atom is -0.506 e. The van der Waals surface area contributed by atoms with E-state index in [0.29, 0.717) is 21.7 Å². The van der Waals surface area contributed by atoms with Crippen LogP contribution in [0.4, 0.5) is 5.69 Å². The Morgan fingerprint density at radius 1 is 1.38 bits per heavy atom. The van der Waals surface area contributed by atoms with Crippen molar-refractivity contribution < 1.29 is 5.11 Å². The Labute approximate surface area is 107 Å². The van der Waals surface area contributed by atoms with Gasteiger partial charge in [-0.15, -0.1) is 11.3 Å². The largest absolute Gasteiger partial charge is 0.506 e. The van der Waals surface area contributed by atoms with E-state index in [-0.39, 0.29) is 5.75 Å². The lowest BCUT2D eigenvalue weighted by Gasteiger charge is -2.07. The number of nitrogens with zero attached hydrogens (tertiary/aromatic N) is 1. The first-order valence-electron chi connectivity index (χ1n) is 4.48. The topological polar surface area (TPSA) is 45.1 Å². The van der Waals surface area contributed by atoms with Crippen molar-refractivity contribution in [2.24, 2.45) is 0 Å². The van der Waals surface area contributed by atoms with Crippen molar-refractivity contribution in [3.05, 3.63) is 38.8 Å². The summed E-state index contributed by atoms with van der Waals surface area (Å²) in [5.74, 6) is 0.167. The van der Waals surface area contributed by atoms with E-state index < -0.39 is 0 Å². The number of hydrogen-bond donors (Lipinski definition) is 2. The standard InChI is InChI=1S/C10H8Cl2N2OS/c11-6-1-2-9(15)8(3-6)13-4-7-5-14-10(12)16-7/h1-3,5,13,15H,4H2. The van der Waals surface area contributed by atoms with Gasteiger partial charge in [0, 0.05) is 16.1 Å². The van der Waals surface area contributed by atoms with Gasteiger partial charge >= 0.3 is 0 Å². The summed E-state index contributed by atoms with van der Waals surface area (Å²) >= 11 is 12.9. The summed E-state index contributed by atoms with van der Waals surface area (Å²) in [5, 5.41) is 13.2. The Morgan fingerprint density at radius 3 is 2.88 bits per heavy atom. The molecular weight excluding hydrogens is 267 g/mol. The van der Waals surface area contributed by atoms with Gasteiger partial charge in [0.2, 0.25) is 0 Å². The molecule has 84 valence electrons. The molecule has 0 aliphatic rings. The Hall–Kier alpha value is -0.970. The van der Waals surface area contributed by atoms with Gasteiger partial charge in [0.1, 0.15) is 5.75 Å². The molecule has 0 spiro atoms. The van der Waals surface area contributed by atoms with Crippen LogP contribution in [0.2, 0.25) is 9.49 Å². The molecule has 0 amide bonds. The molecule has 1 heterocycles. The van der Waals surface area contributed by atoms with Crippen LogP contribution < -0.4 is 5.32 Å². The molecule has 0 radical (unpaired) electrons. The number of aromatic nitrogens is 1. The average Bonchev–Trinajstić information content (AvgIpc) is 2.66. The second kappa shape index (κ2) is 4.91. The maximum absolute atomic E-state index is 9.56. The van der Waals surface area contributed by atoms with Gasteiger partial charge in [-0.05, 0) is 18.2 Å². The monoisotopic (exact) mass is 274 g/mol. The molecule has 3 nitrogen and oxygen atoms in total. The molecule has 0 saturated carbocycles. The number of phenols is 1. The highest BCUT2D eigenvalue weighted by Crippen LogP contribution is 2.27. The van der Waals surface area contributed by atoms with Crippen LogP contribution >= 0.6 is 34.5 Å². The maximum atomic E-state index is 9.56. The van der Waals surface area contributed by atoms with Crippen LogP contribution in [-0.2, 0) is 6.54 Å². The van der Waals surface area contributed by atoms with Crippen molar-refractivity contribution >= 4 is 40.2 Å². The summed E-state index contributed by atoms with van der Waals surface area (Å²) in [6.45, 7) is 0.554. The molecule has 0 fully saturated rings. The molecular formula is C10H8Cl2N2OS.